The molecular weight excluding hydrogens is 430 g/mol. The highest BCUT2D eigenvalue weighted by molar-refractivity contribution is 5.61. The van der Waals surface area contributed by atoms with Crippen molar-refractivity contribution in [1.82, 2.24) is 0 Å². The lowest BCUT2D eigenvalue weighted by Gasteiger charge is -2.30. The fraction of sp³-hybridized carbons (Fsp3) is 0.0625. The molecule has 0 radical (unpaired) electrons. The molecule has 2 heterocycles. The lowest BCUT2D eigenvalue weighted by atomic mass is 9.82. The molecule has 3 nitrogen and oxygen atoms in total. The molecule has 0 saturated heterocycles. The standard InChI is InChI=1S/C32H23NO2/c1-5-13-27-23(9-1)31(24-10-2-6-14-28(24)34-27)21-17-19-22(20-18-21)33-32-25-11-3-7-15-29(25)35-30-16-8-4-12-26(30)32/h1-20,31-33H. The Morgan fingerprint density at radius 2 is 0.829 bits per heavy atom. The van der Waals surface area contributed by atoms with Gasteiger partial charge in [-0.25, -0.2) is 0 Å². The number of nitrogens with one attached hydrogen (secondary N) is 1. The van der Waals surface area contributed by atoms with Crippen LogP contribution in [0, 0.1) is 0 Å². The second-order valence-electron chi connectivity index (χ2n) is 8.99. The van der Waals surface area contributed by atoms with Crippen LogP contribution in [0.2, 0.25) is 0 Å². The van der Waals surface area contributed by atoms with Crippen LogP contribution in [0.5, 0.6) is 23.0 Å². The summed E-state index contributed by atoms with van der Waals surface area (Å²) in [5.74, 6) is 3.78. The Morgan fingerprint density at radius 3 is 1.31 bits per heavy atom. The van der Waals surface area contributed by atoms with Gasteiger partial charge in [0.05, 0.1) is 6.04 Å². The molecular formula is C32H23NO2. The third-order valence-corrected chi connectivity index (χ3v) is 6.91. The lowest BCUT2D eigenvalue weighted by Crippen LogP contribution is -2.17. The summed E-state index contributed by atoms with van der Waals surface area (Å²) in [6.45, 7) is 0. The third kappa shape index (κ3) is 3.36. The van der Waals surface area contributed by atoms with E-state index in [-0.39, 0.29) is 12.0 Å². The van der Waals surface area contributed by atoms with Gasteiger partial charge in [-0.05, 0) is 42.0 Å². The van der Waals surface area contributed by atoms with Crippen LogP contribution >= 0.6 is 0 Å². The zero-order valence-electron chi connectivity index (χ0n) is 19.0. The molecule has 2 aliphatic rings. The molecule has 1 N–H and O–H groups in total. The van der Waals surface area contributed by atoms with E-state index in [1.54, 1.807) is 0 Å². The summed E-state index contributed by atoms with van der Waals surface area (Å²) in [7, 11) is 0. The smallest absolute Gasteiger partial charge is 0.133 e. The molecule has 7 rings (SSSR count). The van der Waals surface area contributed by atoms with Gasteiger partial charge < -0.3 is 14.8 Å². The zero-order valence-corrected chi connectivity index (χ0v) is 19.0. The Hall–Kier alpha value is -4.50. The predicted molar refractivity (Wildman–Crippen MR) is 139 cm³/mol. The minimum absolute atomic E-state index is 0.0199. The van der Waals surface area contributed by atoms with Crippen LogP contribution in [-0.4, -0.2) is 0 Å². The van der Waals surface area contributed by atoms with E-state index >= 15 is 0 Å². The van der Waals surface area contributed by atoms with Gasteiger partial charge in [0.2, 0.25) is 0 Å². The van der Waals surface area contributed by atoms with E-state index in [1.165, 1.54) is 16.7 Å². The van der Waals surface area contributed by atoms with E-state index in [2.05, 4.69) is 78.1 Å². The summed E-state index contributed by atoms with van der Waals surface area (Å²) in [6.07, 6.45) is 0. The minimum atomic E-state index is 0.0199. The average Bonchev–Trinajstić information content (AvgIpc) is 2.92. The van der Waals surface area contributed by atoms with Crippen LogP contribution in [0.4, 0.5) is 5.69 Å². The van der Waals surface area contributed by atoms with Crippen molar-refractivity contribution in [2.45, 2.75) is 12.0 Å². The molecule has 5 aromatic carbocycles. The molecule has 0 fully saturated rings. The Bertz CT molecular complexity index is 1450. The van der Waals surface area contributed by atoms with Gasteiger partial charge in [-0.3, -0.25) is 0 Å². The first-order valence-corrected chi connectivity index (χ1v) is 11.9. The number of hydrogen-bond donors (Lipinski definition) is 1. The fourth-order valence-corrected chi connectivity index (χ4v) is 5.27. The third-order valence-electron chi connectivity index (χ3n) is 6.91. The molecule has 0 bridgehead atoms. The van der Waals surface area contributed by atoms with Gasteiger partial charge in [0.1, 0.15) is 23.0 Å². The van der Waals surface area contributed by atoms with Gasteiger partial charge in [-0.2, -0.15) is 0 Å². The zero-order chi connectivity index (χ0) is 23.2. The molecule has 0 amide bonds. The monoisotopic (exact) mass is 453 g/mol. The van der Waals surface area contributed by atoms with Gasteiger partial charge in [-0.1, -0.05) is 84.9 Å². The first-order chi connectivity index (χ1) is 17.3. The maximum atomic E-state index is 6.20. The highest BCUT2D eigenvalue weighted by Gasteiger charge is 2.29. The maximum Gasteiger partial charge on any atom is 0.133 e. The molecule has 3 heteroatoms. The van der Waals surface area contributed by atoms with Crippen molar-refractivity contribution in [3.8, 4) is 23.0 Å². The molecule has 0 atom stereocenters. The summed E-state index contributed by atoms with van der Waals surface area (Å²) >= 11 is 0. The molecule has 0 aliphatic carbocycles. The molecule has 2 aliphatic heterocycles. The van der Waals surface area contributed by atoms with Crippen molar-refractivity contribution in [3.63, 3.8) is 0 Å². The van der Waals surface area contributed by atoms with Gasteiger partial charge >= 0.3 is 0 Å². The number of benzene rings is 5. The quantitative estimate of drug-likeness (QED) is 0.292. The van der Waals surface area contributed by atoms with E-state index < -0.39 is 0 Å². The van der Waals surface area contributed by atoms with Gasteiger partial charge in [-0.15, -0.1) is 0 Å². The number of para-hydroxylation sites is 4. The number of hydrogen-bond acceptors (Lipinski definition) is 3. The van der Waals surface area contributed by atoms with Crippen LogP contribution in [-0.2, 0) is 0 Å². The largest absolute Gasteiger partial charge is 0.457 e. The van der Waals surface area contributed by atoms with Crippen LogP contribution in [0.3, 0.4) is 0 Å². The van der Waals surface area contributed by atoms with Gasteiger partial charge in [0.15, 0.2) is 0 Å². The Kier molecular flexibility index (Phi) is 4.59. The first-order valence-electron chi connectivity index (χ1n) is 11.9. The summed E-state index contributed by atoms with van der Waals surface area (Å²) in [6, 6.07) is 42.0. The van der Waals surface area contributed by atoms with Gasteiger partial charge in [0.25, 0.3) is 0 Å². The summed E-state index contributed by atoms with van der Waals surface area (Å²) < 4.78 is 12.4. The van der Waals surface area contributed by atoms with Crippen LogP contribution in [0.15, 0.2) is 121 Å². The molecule has 168 valence electrons. The molecule has 0 aromatic heterocycles. The lowest BCUT2D eigenvalue weighted by molar-refractivity contribution is 0.451. The van der Waals surface area contributed by atoms with E-state index in [9.17, 15) is 0 Å². The van der Waals surface area contributed by atoms with Crippen molar-refractivity contribution < 1.29 is 9.47 Å². The molecule has 0 unspecified atom stereocenters. The molecule has 5 aromatic rings. The minimum Gasteiger partial charge on any atom is -0.457 e. The van der Waals surface area contributed by atoms with Crippen LogP contribution in [0.1, 0.15) is 39.8 Å². The van der Waals surface area contributed by atoms with Crippen LogP contribution in [0.25, 0.3) is 0 Å². The van der Waals surface area contributed by atoms with E-state index in [4.69, 9.17) is 9.47 Å². The SMILES string of the molecule is c1ccc2c(c1)Oc1ccccc1C2Nc1ccc(C2c3ccccc3Oc3ccccc32)cc1. The highest BCUT2D eigenvalue weighted by atomic mass is 16.5. The highest BCUT2D eigenvalue weighted by Crippen LogP contribution is 2.48. The van der Waals surface area contributed by atoms with Crippen molar-refractivity contribution in [2.24, 2.45) is 0 Å². The second kappa shape index (κ2) is 8.07. The average molecular weight is 454 g/mol. The summed E-state index contributed by atoms with van der Waals surface area (Å²) in [5.41, 5.74) is 6.98. The first kappa shape index (κ1) is 19.9. The van der Waals surface area contributed by atoms with E-state index in [0.29, 0.717) is 0 Å². The summed E-state index contributed by atoms with van der Waals surface area (Å²) in [4.78, 5) is 0. The fourth-order valence-electron chi connectivity index (χ4n) is 5.27. The van der Waals surface area contributed by atoms with E-state index in [1.807, 2.05) is 48.5 Å². The number of rotatable bonds is 3. The van der Waals surface area contributed by atoms with Crippen molar-refractivity contribution in [1.29, 1.82) is 0 Å². The second-order valence-corrected chi connectivity index (χ2v) is 8.99. The van der Waals surface area contributed by atoms with Crippen molar-refractivity contribution in [3.05, 3.63) is 149 Å². The number of ether oxygens (including phenoxy) is 2. The molecule has 35 heavy (non-hydrogen) atoms. The summed E-state index contributed by atoms with van der Waals surface area (Å²) in [5, 5.41) is 3.76. The van der Waals surface area contributed by atoms with Crippen molar-refractivity contribution >= 4 is 5.69 Å². The normalized spacial score (nSPS) is 13.9. The topological polar surface area (TPSA) is 30.5 Å². The van der Waals surface area contributed by atoms with Crippen LogP contribution < -0.4 is 14.8 Å². The Labute approximate surface area is 204 Å². The molecule has 0 saturated carbocycles. The number of anilines is 1. The predicted octanol–water partition coefficient (Wildman–Crippen LogP) is 8.28. The Balaban J connectivity index is 1.25. The number of fused-ring (bicyclic) bond motifs is 4. The van der Waals surface area contributed by atoms with Crippen molar-refractivity contribution in [2.75, 3.05) is 5.32 Å². The van der Waals surface area contributed by atoms with E-state index in [0.717, 1.165) is 39.8 Å². The Morgan fingerprint density at radius 1 is 0.429 bits per heavy atom. The van der Waals surface area contributed by atoms with Gasteiger partial charge in [0, 0.05) is 33.9 Å². The molecule has 0 spiro atoms. The maximum absolute atomic E-state index is 6.20.